The third-order valence-corrected chi connectivity index (χ3v) is 8.36. The molecule has 0 atom stereocenters. The first-order valence-corrected chi connectivity index (χ1v) is 13.2. The Morgan fingerprint density at radius 2 is 1.16 bits per heavy atom. The van der Waals surface area contributed by atoms with Crippen molar-refractivity contribution < 1.29 is 4.42 Å². The van der Waals surface area contributed by atoms with E-state index in [1.165, 1.54) is 25.6 Å². The van der Waals surface area contributed by atoms with Gasteiger partial charge >= 0.3 is 0 Å². The van der Waals surface area contributed by atoms with Gasteiger partial charge < -0.3 is 9.32 Å². The molecule has 3 heteroatoms. The van der Waals surface area contributed by atoms with Crippen molar-refractivity contribution in [1.29, 1.82) is 0 Å². The first kappa shape index (κ1) is 20.6. The second-order valence-corrected chi connectivity index (χ2v) is 10.5. The van der Waals surface area contributed by atoms with Gasteiger partial charge in [-0.3, -0.25) is 0 Å². The smallest absolute Gasteiger partial charge is 0.136 e. The molecule has 0 saturated carbocycles. The SMILES string of the molecule is c1ccc(N(c2ccc3cc4c(cc3c2)oc2ccccc24)c2ccc3sc4ccccc4c3c2)cc1. The maximum Gasteiger partial charge on any atom is 0.136 e. The fraction of sp³-hybridized carbons (Fsp3) is 0. The molecule has 8 rings (SSSR count). The molecule has 2 nitrogen and oxygen atoms in total. The summed E-state index contributed by atoms with van der Waals surface area (Å²) in [6, 6.07) is 45.5. The third kappa shape index (κ3) is 3.25. The van der Waals surface area contributed by atoms with Crippen LogP contribution in [0.15, 0.2) is 132 Å². The van der Waals surface area contributed by atoms with Crippen LogP contribution in [0, 0.1) is 0 Å². The number of furan rings is 1. The van der Waals surface area contributed by atoms with E-state index in [-0.39, 0.29) is 0 Å². The Balaban J connectivity index is 1.34. The van der Waals surface area contributed by atoms with Gasteiger partial charge in [-0.25, -0.2) is 0 Å². The fourth-order valence-corrected chi connectivity index (χ4v) is 6.56. The van der Waals surface area contributed by atoms with Crippen LogP contribution < -0.4 is 4.90 Å². The zero-order valence-electron chi connectivity index (χ0n) is 19.9. The molecule has 0 aliphatic rings. The van der Waals surface area contributed by atoms with Crippen LogP contribution in [0.5, 0.6) is 0 Å². The van der Waals surface area contributed by atoms with Crippen molar-refractivity contribution in [2.24, 2.45) is 0 Å². The normalized spacial score (nSPS) is 11.8. The third-order valence-electron chi connectivity index (χ3n) is 7.21. The van der Waals surface area contributed by atoms with E-state index in [1.807, 2.05) is 23.5 Å². The number of benzene rings is 6. The monoisotopic (exact) mass is 491 g/mol. The van der Waals surface area contributed by atoms with Gasteiger partial charge in [0, 0.05) is 48.0 Å². The van der Waals surface area contributed by atoms with Crippen LogP contribution in [-0.4, -0.2) is 0 Å². The van der Waals surface area contributed by atoms with Crippen molar-refractivity contribution >= 4 is 81.3 Å². The van der Waals surface area contributed by atoms with Crippen LogP contribution in [0.4, 0.5) is 17.1 Å². The van der Waals surface area contributed by atoms with E-state index in [1.54, 1.807) is 0 Å². The Morgan fingerprint density at radius 3 is 2.08 bits per heavy atom. The largest absolute Gasteiger partial charge is 0.456 e. The van der Waals surface area contributed by atoms with Crippen molar-refractivity contribution in [3.63, 3.8) is 0 Å². The Labute approximate surface area is 217 Å². The van der Waals surface area contributed by atoms with Crippen LogP contribution in [0.2, 0.25) is 0 Å². The summed E-state index contributed by atoms with van der Waals surface area (Å²) in [7, 11) is 0. The van der Waals surface area contributed by atoms with E-state index in [2.05, 4.69) is 120 Å². The lowest BCUT2D eigenvalue weighted by molar-refractivity contribution is 0.669. The van der Waals surface area contributed by atoms with Gasteiger partial charge in [0.2, 0.25) is 0 Å². The van der Waals surface area contributed by atoms with Crippen LogP contribution >= 0.6 is 11.3 Å². The van der Waals surface area contributed by atoms with Crippen molar-refractivity contribution in [3.05, 3.63) is 127 Å². The summed E-state index contributed by atoms with van der Waals surface area (Å²) < 4.78 is 8.83. The maximum absolute atomic E-state index is 6.20. The highest BCUT2D eigenvalue weighted by Gasteiger charge is 2.16. The van der Waals surface area contributed by atoms with E-state index >= 15 is 0 Å². The first-order valence-electron chi connectivity index (χ1n) is 12.4. The van der Waals surface area contributed by atoms with E-state index in [0.29, 0.717) is 0 Å². The van der Waals surface area contributed by atoms with Gasteiger partial charge in [0.1, 0.15) is 11.2 Å². The highest BCUT2D eigenvalue weighted by Crippen LogP contribution is 2.41. The van der Waals surface area contributed by atoms with Crippen LogP contribution in [0.1, 0.15) is 0 Å². The number of rotatable bonds is 3. The van der Waals surface area contributed by atoms with E-state index in [0.717, 1.165) is 44.4 Å². The molecule has 2 aromatic heterocycles. The Hall–Kier alpha value is -4.60. The predicted molar refractivity (Wildman–Crippen MR) is 159 cm³/mol. The summed E-state index contributed by atoms with van der Waals surface area (Å²) in [5.41, 5.74) is 5.24. The molecule has 0 radical (unpaired) electrons. The van der Waals surface area contributed by atoms with Gasteiger partial charge in [0.05, 0.1) is 0 Å². The average molecular weight is 492 g/mol. The van der Waals surface area contributed by atoms with E-state index in [9.17, 15) is 0 Å². The minimum absolute atomic E-state index is 0.920. The predicted octanol–water partition coefficient (Wildman–Crippen LogP) is 10.6. The number of anilines is 3. The molecule has 0 N–H and O–H groups in total. The standard InChI is InChI=1S/C34H21NOS/c1-2-8-24(9-3-1)35(26-16-17-34-30(21-26)28-11-5-7-13-33(28)37-34)25-15-14-22-19-29-27-10-4-6-12-31(27)36-32(29)20-23(22)18-25/h1-21H. The quantitative estimate of drug-likeness (QED) is 0.244. The van der Waals surface area contributed by atoms with Gasteiger partial charge in [-0.1, -0.05) is 60.7 Å². The number of fused-ring (bicyclic) bond motifs is 7. The summed E-state index contributed by atoms with van der Waals surface area (Å²) in [6.45, 7) is 0. The van der Waals surface area contributed by atoms with Gasteiger partial charge in [0.25, 0.3) is 0 Å². The molecular formula is C34H21NOS. The van der Waals surface area contributed by atoms with Gasteiger partial charge in [-0.2, -0.15) is 0 Å². The average Bonchev–Trinajstić information content (AvgIpc) is 3.50. The second-order valence-electron chi connectivity index (χ2n) is 9.43. The minimum atomic E-state index is 0.920. The molecule has 0 spiro atoms. The summed E-state index contributed by atoms with van der Waals surface area (Å²) >= 11 is 1.85. The van der Waals surface area contributed by atoms with Crippen molar-refractivity contribution in [2.45, 2.75) is 0 Å². The molecule has 0 unspecified atom stereocenters. The second kappa shape index (κ2) is 7.95. The van der Waals surface area contributed by atoms with Crippen molar-refractivity contribution in [3.8, 4) is 0 Å². The molecule has 0 fully saturated rings. The lowest BCUT2D eigenvalue weighted by Crippen LogP contribution is -2.09. The topological polar surface area (TPSA) is 16.4 Å². The summed E-state index contributed by atoms with van der Waals surface area (Å²) in [6.07, 6.45) is 0. The lowest BCUT2D eigenvalue weighted by Gasteiger charge is -2.26. The van der Waals surface area contributed by atoms with E-state index < -0.39 is 0 Å². The Kier molecular flexibility index (Phi) is 4.42. The van der Waals surface area contributed by atoms with E-state index in [4.69, 9.17) is 4.42 Å². The highest BCUT2D eigenvalue weighted by atomic mass is 32.1. The number of thiophene rings is 1. The lowest BCUT2D eigenvalue weighted by atomic mass is 10.0. The van der Waals surface area contributed by atoms with Gasteiger partial charge in [-0.05, 0) is 77.5 Å². The molecule has 0 aliphatic carbocycles. The molecule has 37 heavy (non-hydrogen) atoms. The van der Waals surface area contributed by atoms with Gasteiger partial charge in [0.15, 0.2) is 0 Å². The number of hydrogen-bond donors (Lipinski definition) is 0. The molecule has 8 aromatic rings. The molecule has 174 valence electrons. The summed E-state index contributed by atoms with van der Waals surface area (Å²) in [5.74, 6) is 0. The van der Waals surface area contributed by atoms with Crippen LogP contribution in [0.3, 0.4) is 0 Å². The van der Waals surface area contributed by atoms with Crippen molar-refractivity contribution in [1.82, 2.24) is 0 Å². The molecule has 2 heterocycles. The first-order chi connectivity index (χ1) is 18.3. The summed E-state index contributed by atoms with van der Waals surface area (Å²) in [4.78, 5) is 2.34. The molecule has 0 bridgehead atoms. The molecule has 0 saturated heterocycles. The maximum atomic E-state index is 6.20. The number of para-hydroxylation sites is 2. The Bertz CT molecular complexity index is 2100. The fourth-order valence-electron chi connectivity index (χ4n) is 5.47. The Morgan fingerprint density at radius 1 is 0.432 bits per heavy atom. The zero-order valence-corrected chi connectivity index (χ0v) is 20.7. The zero-order chi connectivity index (χ0) is 24.3. The highest BCUT2D eigenvalue weighted by molar-refractivity contribution is 7.25. The van der Waals surface area contributed by atoms with Gasteiger partial charge in [-0.15, -0.1) is 11.3 Å². The number of hydrogen-bond acceptors (Lipinski definition) is 3. The van der Waals surface area contributed by atoms with Crippen molar-refractivity contribution in [2.75, 3.05) is 4.90 Å². The number of nitrogens with zero attached hydrogens (tertiary/aromatic N) is 1. The molecular weight excluding hydrogens is 470 g/mol. The van der Waals surface area contributed by atoms with Crippen LogP contribution in [-0.2, 0) is 0 Å². The minimum Gasteiger partial charge on any atom is -0.456 e. The molecule has 0 amide bonds. The summed E-state index contributed by atoms with van der Waals surface area (Å²) in [5, 5.41) is 7.28. The molecule has 6 aromatic carbocycles. The van der Waals surface area contributed by atoms with Crippen LogP contribution in [0.25, 0.3) is 52.9 Å². The molecule has 0 aliphatic heterocycles.